The highest BCUT2D eigenvalue weighted by atomic mass is 32.2. The van der Waals surface area contributed by atoms with Crippen molar-refractivity contribution in [3.63, 3.8) is 0 Å². The molecule has 38 heavy (non-hydrogen) atoms. The van der Waals surface area contributed by atoms with Gasteiger partial charge in [0.25, 0.3) is 0 Å². The summed E-state index contributed by atoms with van der Waals surface area (Å²) < 4.78 is 5.95. The lowest BCUT2D eigenvalue weighted by atomic mass is 10.4. The fourth-order valence-electron chi connectivity index (χ4n) is 4.25. The lowest BCUT2D eigenvalue weighted by Crippen LogP contribution is -2.15. The zero-order valence-corrected chi connectivity index (χ0v) is 26.1. The third-order valence-corrected chi connectivity index (χ3v) is 18.2. The topological polar surface area (TPSA) is 0 Å². The van der Waals surface area contributed by atoms with E-state index >= 15 is 0 Å². The van der Waals surface area contributed by atoms with Crippen molar-refractivity contribution < 1.29 is 0 Å². The second-order valence-electron chi connectivity index (χ2n) is 8.72. The van der Waals surface area contributed by atoms with Crippen molar-refractivity contribution >= 4 is 84.1 Å². The van der Waals surface area contributed by atoms with Gasteiger partial charge in [-0.15, -0.1) is 0 Å². The van der Waals surface area contributed by atoms with Crippen molar-refractivity contribution in [1.29, 1.82) is 0 Å². The second-order valence-corrected chi connectivity index (χ2v) is 18.6. The first-order valence-electron chi connectivity index (χ1n) is 12.4. The standard InChI is InChI=1S/C32H26P2S4/c1-23-24(2)36-31(35-23)32-37-29(33(25-15-7-3-8-16-25)26-17-9-4-10-18-26)30(38-32)34(27-19-11-5-12-20-27)28-21-13-6-14-22-28/h3-22H,1-2H3. The molecule has 0 aliphatic carbocycles. The van der Waals surface area contributed by atoms with E-state index in [0.29, 0.717) is 0 Å². The minimum atomic E-state index is -0.696. The minimum Gasteiger partial charge on any atom is -0.0849 e. The van der Waals surface area contributed by atoms with Gasteiger partial charge in [-0.05, 0) is 60.7 Å². The molecule has 0 amide bonds. The summed E-state index contributed by atoms with van der Waals surface area (Å²) >= 11 is 7.97. The maximum atomic E-state index is 2.32. The van der Waals surface area contributed by atoms with E-state index in [9.17, 15) is 0 Å². The SMILES string of the molecule is CC1=C(C)SC(=C2SC(P(c3ccccc3)c3ccccc3)=C(P(c3ccccc3)c3ccccc3)S2)S1. The van der Waals surface area contributed by atoms with Crippen LogP contribution in [0.25, 0.3) is 0 Å². The molecule has 0 radical (unpaired) electrons. The largest absolute Gasteiger partial charge is 0.0849 e. The summed E-state index contributed by atoms with van der Waals surface area (Å²) in [6, 6.07) is 44.6. The van der Waals surface area contributed by atoms with Crippen LogP contribution in [0.1, 0.15) is 13.8 Å². The van der Waals surface area contributed by atoms with Crippen LogP contribution in [-0.2, 0) is 0 Å². The highest BCUT2D eigenvalue weighted by molar-refractivity contribution is 8.38. The Bertz CT molecular complexity index is 1320. The third-order valence-electron chi connectivity index (χ3n) is 6.18. The molecule has 0 aromatic heterocycles. The zero-order valence-electron chi connectivity index (χ0n) is 21.1. The van der Waals surface area contributed by atoms with Crippen LogP contribution < -0.4 is 21.2 Å². The van der Waals surface area contributed by atoms with Crippen LogP contribution in [0.4, 0.5) is 0 Å². The zero-order chi connectivity index (χ0) is 25.9. The fraction of sp³-hybridized carbons (Fsp3) is 0.0625. The lowest BCUT2D eigenvalue weighted by molar-refractivity contribution is 1.57. The Kier molecular flexibility index (Phi) is 8.57. The molecule has 0 saturated carbocycles. The molecule has 6 rings (SSSR count). The van der Waals surface area contributed by atoms with Crippen LogP contribution in [0.5, 0.6) is 0 Å². The summed E-state index contributed by atoms with van der Waals surface area (Å²) in [4.78, 5) is 2.85. The highest BCUT2D eigenvalue weighted by Gasteiger charge is 2.37. The average Bonchev–Trinajstić information content (AvgIpc) is 3.54. The quantitative estimate of drug-likeness (QED) is 0.202. The molecule has 0 fully saturated rings. The van der Waals surface area contributed by atoms with E-state index in [1.807, 2.05) is 47.0 Å². The van der Waals surface area contributed by atoms with Crippen LogP contribution in [0.3, 0.4) is 0 Å². The first-order valence-corrected chi connectivity index (χ1v) is 18.3. The molecular weight excluding hydrogens is 575 g/mol. The number of benzene rings is 4. The molecule has 2 heterocycles. The summed E-state index contributed by atoms with van der Waals surface area (Å²) in [5.41, 5.74) is 0. The molecule has 6 heteroatoms. The van der Waals surface area contributed by atoms with Crippen LogP contribution in [0.15, 0.2) is 149 Å². The summed E-state index contributed by atoms with van der Waals surface area (Å²) in [6.45, 7) is 4.50. The average molecular weight is 601 g/mol. The van der Waals surface area contributed by atoms with Gasteiger partial charge in [0.1, 0.15) is 0 Å². The van der Waals surface area contributed by atoms with E-state index < -0.39 is 15.8 Å². The van der Waals surface area contributed by atoms with Crippen LogP contribution in [-0.4, -0.2) is 0 Å². The Morgan fingerprint density at radius 1 is 0.368 bits per heavy atom. The Morgan fingerprint density at radius 2 is 0.632 bits per heavy atom. The summed E-state index contributed by atoms with van der Waals surface area (Å²) in [5, 5.41) is 5.64. The molecule has 0 saturated heterocycles. The van der Waals surface area contributed by atoms with Gasteiger partial charge in [-0.3, -0.25) is 0 Å². The van der Waals surface area contributed by atoms with Crippen molar-refractivity contribution in [2.75, 3.05) is 0 Å². The van der Waals surface area contributed by atoms with Crippen molar-refractivity contribution in [1.82, 2.24) is 0 Å². The van der Waals surface area contributed by atoms with Gasteiger partial charge in [0, 0.05) is 9.29 Å². The molecule has 2 aliphatic heterocycles. The lowest BCUT2D eigenvalue weighted by Gasteiger charge is -2.25. The Hall–Kier alpha value is -1.64. The molecule has 4 aromatic rings. The Morgan fingerprint density at radius 3 is 0.921 bits per heavy atom. The summed E-state index contributed by atoms with van der Waals surface area (Å²) in [5.74, 6) is 0. The van der Waals surface area contributed by atoms with Crippen LogP contribution >= 0.6 is 62.9 Å². The van der Waals surface area contributed by atoms with Gasteiger partial charge < -0.3 is 0 Å². The van der Waals surface area contributed by atoms with E-state index in [1.165, 1.54) is 48.8 Å². The van der Waals surface area contributed by atoms with Gasteiger partial charge in [-0.2, -0.15) is 0 Å². The molecule has 0 bridgehead atoms. The smallest absolute Gasteiger partial charge is 0.0707 e. The van der Waals surface area contributed by atoms with Gasteiger partial charge in [0.15, 0.2) is 0 Å². The fourth-order valence-corrected chi connectivity index (χ4v) is 17.2. The number of hydrogen-bond donors (Lipinski definition) is 0. The third kappa shape index (κ3) is 5.64. The number of rotatable bonds is 6. The first kappa shape index (κ1) is 26.6. The summed E-state index contributed by atoms with van der Waals surface area (Å²) in [7, 11) is -1.39. The van der Waals surface area contributed by atoms with Crippen molar-refractivity contribution in [3.8, 4) is 0 Å². The van der Waals surface area contributed by atoms with Gasteiger partial charge in [0.2, 0.25) is 0 Å². The number of thioether (sulfide) groups is 4. The minimum absolute atomic E-state index is 0.696. The Labute approximate surface area is 245 Å². The van der Waals surface area contributed by atoms with E-state index in [1.54, 1.807) is 0 Å². The van der Waals surface area contributed by atoms with Gasteiger partial charge in [0.05, 0.1) is 8.47 Å². The van der Waals surface area contributed by atoms with E-state index in [4.69, 9.17) is 0 Å². The predicted molar refractivity (Wildman–Crippen MR) is 181 cm³/mol. The van der Waals surface area contributed by atoms with Gasteiger partial charge in [-0.1, -0.05) is 168 Å². The van der Waals surface area contributed by atoms with E-state index in [2.05, 4.69) is 135 Å². The van der Waals surface area contributed by atoms with Crippen LogP contribution in [0, 0.1) is 0 Å². The van der Waals surface area contributed by atoms with E-state index in [0.717, 1.165) is 0 Å². The van der Waals surface area contributed by atoms with E-state index in [-0.39, 0.29) is 0 Å². The highest BCUT2D eigenvalue weighted by Crippen LogP contribution is 2.72. The Balaban J connectivity index is 1.58. The number of allylic oxidation sites excluding steroid dienone is 2. The molecule has 0 unspecified atom stereocenters. The molecule has 0 atom stereocenters. The number of hydrogen-bond acceptors (Lipinski definition) is 4. The molecular formula is C32H26P2S4. The second kappa shape index (κ2) is 12.3. The maximum absolute atomic E-state index is 2.32. The van der Waals surface area contributed by atoms with Crippen LogP contribution in [0.2, 0.25) is 0 Å². The molecule has 188 valence electrons. The van der Waals surface area contributed by atoms with Crippen molar-refractivity contribution in [3.05, 3.63) is 149 Å². The molecule has 2 aliphatic rings. The van der Waals surface area contributed by atoms with Crippen molar-refractivity contribution in [2.24, 2.45) is 0 Å². The summed E-state index contributed by atoms with van der Waals surface area (Å²) in [6.07, 6.45) is 0. The van der Waals surface area contributed by atoms with Crippen molar-refractivity contribution in [2.45, 2.75) is 13.8 Å². The predicted octanol–water partition coefficient (Wildman–Crippen LogP) is 9.72. The van der Waals surface area contributed by atoms with Gasteiger partial charge in [-0.25, -0.2) is 0 Å². The molecule has 0 spiro atoms. The normalized spacial score (nSPS) is 15.9. The van der Waals surface area contributed by atoms with Gasteiger partial charge >= 0.3 is 0 Å². The molecule has 0 nitrogen and oxygen atoms in total. The monoisotopic (exact) mass is 600 g/mol. The molecule has 4 aromatic carbocycles. The maximum Gasteiger partial charge on any atom is 0.0707 e. The first-order chi connectivity index (χ1) is 18.7. The molecule has 0 N–H and O–H groups in total.